The van der Waals surface area contributed by atoms with Crippen LogP contribution in [0.1, 0.15) is 17.4 Å². The zero-order valence-corrected chi connectivity index (χ0v) is 16.0. The number of esters is 1. The first-order chi connectivity index (χ1) is 13.6. The fourth-order valence-electron chi connectivity index (χ4n) is 3.02. The summed E-state index contributed by atoms with van der Waals surface area (Å²) in [5.41, 5.74) is -0.877. The summed E-state index contributed by atoms with van der Waals surface area (Å²) in [6, 6.07) is -1.06. The van der Waals surface area contributed by atoms with Crippen molar-refractivity contribution in [1.29, 1.82) is 0 Å². The molecule has 14 heteroatoms. The monoisotopic (exact) mass is 425 g/mol. The fraction of sp³-hybridized carbons (Fsp3) is 0.400. The third-order valence-electron chi connectivity index (χ3n) is 4.32. The summed E-state index contributed by atoms with van der Waals surface area (Å²) in [5.74, 6) is -3.34. The van der Waals surface area contributed by atoms with E-state index in [1.807, 2.05) is 0 Å². The first-order valence-corrected chi connectivity index (χ1v) is 9.19. The molecule has 1 fully saturated rings. The Labute approximate surface area is 166 Å². The third-order valence-corrected chi connectivity index (χ3v) is 5.66. The molecule has 29 heavy (non-hydrogen) atoms. The Kier molecular flexibility index (Phi) is 5.28. The van der Waals surface area contributed by atoms with Crippen LogP contribution in [0.3, 0.4) is 0 Å². The van der Waals surface area contributed by atoms with E-state index < -0.39 is 45.8 Å². The number of nitro groups is 1. The van der Waals surface area contributed by atoms with Crippen molar-refractivity contribution in [2.45, 2.75) is 18.3 Å². The summed E-state index contributed by atoms with van der Waals surface area (Å²) in [5, 5.41) is 25.9. The Bertz CT molecular complexity index is 970. The van der Waals surface area contributed by atoms with Crippen LogP contribution >= 0.6 is 11.8 Å². The number of rotatable bonds is 6. The molecule has 2 N–H and O–H groups in total. The zero-order valence-electron chi connectivity index (χ0n) is 15.1. The lowest BCUT2D eigenvalue weighted by Gasteiger charge is -2.49. The topological polar surface area (TPSA) is 174 Å². The molecule has 2 amide bonds. The van der Waals surface area contributed by atoms with Gasteiger partial charge in [0, 0.05) is 25.3 Å². The number of β-lactam (4-membered cyclic amide) rings is 1. The van der Waals surface area contributed by atoms with Crippen LogP contribution in [0, 0.1) is 10.1 Å². The number of thioether (sulfide) groups is 1. The molecule has 2 aliphatic heterocycles. The van der Waals surface area contributed by atoms with Crippen LogP contribution in [0.4, 0.5) is 5.69 Å². The number of carbonyl (C=O) groups excluding carboxylic acids is 3. The number of amides is 2. The minimum absolute atomic E-state index is 0.168. The Morgan fingerprint density at radius 1 is 1.48 bits per heavy atom. The van der Waals surface area contributed by atoms with Crippen LogP contribution in [0.15, 0.2) is 17.5 Å². The zero-order chi connectivity index (χ0) is 21.5. The molecule has 0 spiro atoms. The van der Waals surface area contributed by atoms with Gasteiger partial charge in [0.1, 0.15) is 29.9 Å². The molecule has 0 unspecified atom stereocenters. The van der Waals surface area contributed by atoms with Crippen LogP contribution in [-0.4, -0.2) is 72.2 Å². The molecule has 154 valence electrons. The molecule has 0 radical (unpaired) electrons. The van der Waals surface area contributed by atoms with Gasteiger partial charge < -0.3 is 15.2 Å². The molecule has 13 nitrogen and oxygen atoms in total. The first kappa shape index (κ1) is 20.3. The molecular formula is C15H15N5O8S. The summed E-state index contributed by atoms with van der Waals surface area (Å²) < 4.78 is 5.86. The molecule has 0 aliphatic carbocycles. The normalized spacial score (nSPS) is 20.6. The second-order valence-electron chi connectivity index (χ2n) is 6.16. The quantitative estimate of drug-likeness (QED) is 0.255. The second-order valence-corrected chi connectivity index (χ2v) is 7.26. The molecular weight excluding hydrogens is 410 g/mol. The van der Waals surface area contributed by atoms with Gasteiger partial charge in [-0.15, -0.1) is 11.8 Å². The van der Waals surface area contributed by atoms with Crippen molar-refractivity contribution in [1.82, 2.24) is 20.0 Å². The van der Waals surface area contributed by atoms with Gasteiger partial charge in [0.15, 0.2) is 0 Å². The van der Waals surface area contributed by atoms with E-state index in [0.717, 1.165) is 15.8 Å². The first-order valence-electron chi connectivity index (χ1n) is 8.14. The van der Waals surface area contributed by atoms with Gasteiger partial charge in [-0.1, -0.05) is 0 Å². The lowest BCUT2D eigenvalue weighted by atomic mass is 10.0. The maximum Gasteiger partial charge on any atom is 0.352 e. The van der Waals surface area contributed by atoms with Gasteiger partial charge in [0.2, 0.25) is 5.69 Å². The number of carboxylic acids is 1. The van der Waals surface area contributed by atoms with Gasteiger partial charge in [-0.25, -0.2) is 4.79 Å². The second kappa shape index (κ2) is 7.54. The van der Waals surface area contributed by atoms with Crippen molar-refractivity contribution in [3.05, 3.63) is 33.3 Å². The van der Waals surface area contributed by atoms with Crippen molar-refractivity contribution >= 4 is 41.2 Å². The predicted octanol–water partition coefficient (Wildman–Crippen LogP) is -0.756. The molecule has 3 heterocycles. The van der Waals surface area contributed by atoms with Crippen LogP contribution in [0.2, 0.25) is 0 Å². The van der Waals surface area contributed by atoms with E-state index in [1.165, 1.54) is 25.7 Å². The molecule has 0 saturated carbocycles. The highest BCUT2D eigenvalue weighted by atomic mass is 32.2. The van der Waals surface area contributed by atoms with Crippen molar-refractivity contribution in [3.63, 3.8) is 0 Å². The van der Waals surface area contributed by atoms with Crippen LogP contribution in [-0.2, 0) is 26.2 Å². The minimum atomic E-state index is -1.36. The van der Waals surface area contributed by atoms with Crippen molar-refractivity contribution in [3.8, 4) is 0 Å². The van der Waals surface area contributed by atoms with Crippen LogP contribution < -0.4 is 5.32 Å². The van der Waals surface area contributed by atoms with E-state index in [0.29, 0.717) is 0 Å². The number of ether oxygens (including phenoxy) is 1. The van der Waals surface area contributed by atoms with Gasteiger partial charge in [0.05, 0.1) is 4.92 Å². The number of aliphatic carboxylic acids is 1. The van der Waals surface area contributed by atoms with Gasteiger partial charge in [-0.3, -0.25) is 34.1 Å². The number of hydrogen-bond acceptors (Lipinski definition) is 9. The number of aryl methyl sites for hydroxylation is 1. The molecule has 2 atom stereocenters. The van der Waals surface area contributed by atoms with Crippen LogP contribution in [0.5, 0.6) is 0 Å². The molecule has 1 aromatic heterocycles. The summed E-state index contributed by atoms with van der Waals surface area (Å²) in [7, 11) is 1.35. The average molecular weight is 425 g/mol. The number of carbonyl (C=O) groups is 4. The van der Waals surface area contributed by atoms with Gasteiger partial charge in [-0.2, -0.15) is 5.10 Å². The Morgan fingerprint density at radius 2 is 2.17 bits per heavy atom. The van der Waals surface area contributed by atoms with E-state index >= 15 is 0 Å². The maximum absolute atomic E-state index is 12.5. The molecule has 3 rings (SSSR count). The van der Waals surface area contributed by atoms with Crippen molar-refractivity contribution in [2.75, 3.05) is 12.4 Å². The summed E-state index contributed by atoms with van der Waals surface area (Å²) in [6.07, 6.45) is 0.922. The number of aromatic nitrogens is 2. The van der Waals surface area contributed by atoms with E-state index in [-0.39, 0.29) is 29.3 Å². The van der Waals surface area contributed by atoms with Gasteiger partial charge >= 0.3 is 17.6 Å². The average Bonchev–Trinajstić information content (AvgIpc) is 3.04. The van der Waals surface area contributed by atoms with E-state index in [2.05, 4.69) is 10.4 Å². The highest BCUT2D eigenvalue weighted by Gasteiger charge is 2.54. The molecule has 0 aromatic carbocycles. The number of nitrogens with one attached hydrogen (secondary N) is 1. The van der Waals surface area contributed by atoms with E-state index in [4.69, 9.17) is 4.74 Å². The third kappa shape index (κ3) is 3.53. The Balaban J connectivity index is 1.80. The van der Waals surface area contributed by atoms with Crippen molar-refractivity contribution < 1.29 is 33.9 Å². The SMILES string of the molecule is CC(=O)OCC1=C(C(=O)O)N2C(=O)[C@H](NC(=O)c3c([N+](=O)[O-])cnn3C)[C@@H]2SC1. The molecule has 1 aromatic rings. The standard InChI is InChI=1S/C15H15N5O8S/c1-6(21)28-4-7-5-29-14-9(13(23)19(14)10(7)15(24)25)17-12(22)11-8(20(26)27)3-16-18(11)2/h3,9,14H,4-5H2,1-2H3,(H,17,22)(H,24,25)/t9-,14-/m0/s1. The van der Waals surface area contributed by atoms with Gasteiger partial charge in [0.25, 0.3) is 11.8 Å². The molecule has 0 bridgehead atoms. The smallest absolute Gasteiger partial charge is 0.352 e. The van der Waals surface area contributed by atoms with E-state index in [9.17, 15) is 34.4 Å². The number of fused-ring (bicyclic) bond motifs is 1. The lowest BCUT2D eigenvalue weighted by Crippen LogP contribution is -2.70. The van der Waals surface area contributed by atoms with Crippen molar-refractivity contribution in [2.24, 2.45) is 7.05 Å². The summed E-state index contributed by atoms with van der Waals surface area (Å²) >= 11 is 1.18. The number of nitrogens with zero attached hydrogens (tertiary/aromatic N) is 4. The minimum Gasteiger partial charge on any atom is -0.477 e. The molecule has 2 aliphatic rings. The molecule has 1 saturated heterocycles. The highest BCUT2D eigenvalue weighted by molar-refractivity contribution is 8.00. The van der Waals surface area contributed by atoms with Crippen LogP contribution in [0.25, 0.3) is 0 Å². The van der Waals surface area contributed by atoms with Gasteiger partial charge in [-0.05, 0) is 0 Å². The highest BCUT2D eigenvalue weighted by Crippen LogP contribution is 2.40. The largest absolute Gasteiger partial charge is 0.477 e. The number of carboxylic acid groups (broad SMARTS) is 1. The fourth-order valence-corrected chi connectivity index (χ4v) is 4.34. The summed E-state index contributed by atoms with van der Waals surface area (Å²) in [6.45, 7) is 0.913. The Morgan fingerprint density at radius 3 is 2.76 bits per heavy atom. The lowest BCUT2D eigenvalue weighted by molar-refractivity contribution is -0.385. The number of hydrogen-bond donors (Lipinski definition) is 2. The maximum atomic E-state index is 12.5. The summed E-state index contributed by atoms with van der Waals surface area (Å²) in [4.78, 5) is 59.0. The predicted molar refractivity (Wildman–Crippen MR) is 95.5 cm³/mol. The Hall–Kier alpha value is -3.42. The van der Waals surface area contributed by atoms with E-state index in [1.54, 1.807) is 0 Å².